The van der Waals surface area contributed by atoms with Crippen LogP contribution in [-0.4, -0.2) is 6.03 Å². The molecule has 0 spiro atoms. The zero-order chi connectivity index (χ0) is 15.4. The molecule has 2 aromatic rings. The summed E-state index contributed by atoms with van der Waals surface area (Å²) in [7, 11) is 0. The minimum absolute atomic E-state index is 0.187. The molecule has 0 radical (unpaired) electrons. The normalized spacial score (nSPS) is 10.3. The van der Waals surface area contributed by atoms with Gasteiger partial charge in [0.1, 0.15) is 0 Å². The van der Waals surface area contributed by atoms with Crippen LogP contribution in [0, 0.1) is 20.8 Å². The summed E-state index contributed by atoms with van der Waals surface area (Å²) in [4.78, 5) is 12.0. The highest BCUT2D eigenvalue weighted by Gasteiger charge is 2.07. The van der Waals surface area contributed by atoms with E-state index in [4.69, 9.17) is 0 Å². The Morgan fingerprint density at radius 1 is 1.05 bits per heavy atom. The highest BCUT2D eigenvalue weighted by molar-refractivity contribution is 9.10. The highest BCUT2D eigenvalue weighted by Crippen LogP contribution is 2.21. The highest BCUT2D eigenvalue weighted by atomic mass is 79.9. The maximum absolute atomic E-state index is 12.0. The predicted octanol–water partition coefficient (Wildman–Crippen LogP) is 4.70. The maximum Gasteiger partial charge on any atom is 0.319 e. The summed E-state index contributed by atoms with van der Waals surface area (Å²) in [5.41, 5.74) is 5.29. The van der Waals surface area contributed by atoms with Gasteiger partial charge >= 0.3 is 6.03 Å². The van der Waals surface area contributed by atoms with Gasteiger partial charge in [-0.3, -0.25) is 0 Å². The van der Waals surface area contributed by atoms with Crippen molar-refractivity contribution in [1.82, 2.24) is 5.32 Å². The van der Waals surface area contributed by atoms with Gasteiger partial charge in [-0.25, -0.2) is 4.79 Å². The van der Waals surface area contributed by atoms with Gasteiger partial charge in [-0.2, -0.15) is 0 Å². The molecule has 2 N–H and O–H groups in total. The average molecular weight is 347 g/mol. The standard InChI is InChI=1S/C17H19BrN2O/c1-11-8-12(2)16(13(3)9-11)20-17(21)19-10-14-4-6-15(18)7-5-14/h4-9H,10H2,1-3H3,(H2,19,20,21). The molecule has 21 heavy (non-hydrogen) atoms. The number of nitrogens with one attached hydrogen (secondary N) is 2. The van der Waals surface area contributed by atoms with E-state index < -0.39 is 0 Å². The summed E-state index contributed by atoms with van der Waals surface area (Å²) in [6.45, 7) is 6.56. The molecule has 0 saturated heterocycles. The number of aryl methyl sites for hydroxylation is 3. The molecule has 0 aromatic heterocycles. The molecule has 0 aliphatic heterocycles. The van der Waals surface area contributed by atoms with E-state index in [2.05, 4.69) is 45.6 Å². The van der Waals surface area contributed by atoms with E-state index in [-0.39, 0.29) is 6.03 Å². The van der Waals surface area contributed by atoms with E-state index in [1.807, 2.05) is 38.1 Å². The van der Waals surface area contributed by atoms with Crippen LogP contribution >= 0.6 is 15.9 Å². The van der Waals surface area contributed by atoms with Crippen LogP contribution in [0.25, 0.3) is 0 Å². The summed E-state index contributed by atoms with van der Waals surface area (Å²) in [6.07, 6.45) is 0. The lowest BCUT2D eigenvalue weighted by atomic mass is 10.1. The van der Waals surface area contributed by atoms with Crippen molar-refractivity contribution in [1.29, 1.82) is 0 Å². The Bertz CT molecular complexity index is 627. The van der Waals surface area contributed by atoms with Gasteiger partial charge in [0.25, 0.3) is 0 Å². The first-order chi connectivity index (χ1) is 9.95. The minimum atomic E-state index is -0.187. The molecule has 0 saturated carbocycles. The van der Waals surface area contributed by atoms with E-state index in [9.17, 15) is 4.79 Å². The van der Waals surface area contributed by atoms with Gasteiger partial charge in [0.15, 0.2) is 0 Å². The van der Waals surface area contributed by atoms with Crippen LogP contribution in [0.5, 0.6) is 0 Å². The van der Waals surface area contributed by atoms with Crippen molar-refractivity contribution in [3.05, 3.63) is 63.1 Å². The SMILES string of the molecule is Cc1cc(C)c(NC(=O)NCc2ccc(Br)cc2)c(C)c1. The topological polar surface area (TPSA) is 41.1 Å². The van der Waals surface area contributed by atoms with Crippen molar-refractivity contribution < 1.29 is 4.79 Å². The number of hydrogen-bond donors (Lipinski definition) is 2. The average Bonchev–Trinajstić information content (AvgIpc) is 2.42. The molecule has 0 aliphatic carbocycles. The van der Waals surface area contributed by atoms with Crippen molar-refractivity contribution in [2.45, 2.75) is 27.3 Å². The van der Waals surface area contributed by atoms with Crippen molar-refractivity contribution in [2.75, 3.05) is 5.32 Å². The summed E-state index contributed by atoms with van der Waals surface area (Å²) in [5.74, 6) is 0. The zero-order valence-electron chi connectivity index (χ0n) is 12.5. The van der Waals surface area contributed by atoms with Crippen LogP contribution in [0.15, 0.2) is 40.9 Å². The Balaban J connectivity index is 1.97. The molecular formula is C17H19BrN2O. The zero-order valence-corrected chi connectivity index (χ0v) is 14.0. The third kappa shape index (κ3) is 4.33. The van der Waals surface area contributed by atoms with Gasteiger partial charge in [-0.15, -0.1) is 0 Å². The van der Waals surface area contributed by atoms with Gasteiger partial charge in [-0.1, -0.05) is 45.8 Å². The van der Waals surface area contributed by atoms with E-state index in [1.165, 1.54) is 5.56 Å². The van der Waals surface area contributed by atoms with Gasteiger partial charge < -0.3 is 10.6 Å². The molecular weight excluding hydrogens is 328 g/mol. The summed E-state index contributed by atoms with van der Waals surface area (Å²) >= 11 is 3.39. The van der Waals surface area contributed by atoms with Crippen molar-refractivity contribution in [2.24, 2.45) is 0 Å². The predicted molar refractivity (Wildman–Crippen MR) is 90.7 cm³/mol. The Hall–Kier alpha value is -1.81. The molecule has 2 amide bonds. The number of carbonyl (C=O) groups excluding carboxylic acids is 1. The first-order valence-electron chi connectivity index (χ1n) is 6.83. The molecule has 2 aromatic carbocycles. The largest absolute Gasteiger partial charge is 0.334 e. The van der Waals surface area contributed by atoms with Gasteiger partial charge in [0.05, 0.1) is 0 Å². The van der Waals surface area contributed by atoms with Crippen LogP contribution in [-0.2, 0) is 6.54 Å². The second-order valence-electron chi connectivity index (χ2n) is 5.21. The van der Waals surface area contributed by atoms with Crippen LogP contribution < -0.4 is 10.6 Å². The van der Waals surface area contributed by atoms with Crippen LogP contribution in [0.2, 0.25) is 0 Å². The number of anilines is 1. The number of urea groups is 1. The Labute approximate surface area is 133 Å². The third-order valence-corrected chi connectivity index (χ3v) is 3.81. The van der Waals surface area contributed by atoms with E-state index in [0.29, 0.717) is 6.54 Å². The van der Waals surface area contributed by atoms with Gasteiger partial charge in [0.2, 0.25) is 0 Å². The van der Waals surface area contributed by atoms with Crippen molar-refractivity contribution >= 4 is 27.6 Å². The fourth-order valence-electron chi connectivity index (χ4n) is 2.32. The van der Waals surface area contributed by atoms with Crippen molar-refractivity contribution in [3.63, 3.8) is 0 Å². The number of carbonyl (C=O) groups is 1. The lowest BCUT2D eigenvalue weighted by Gasteiger charge is -2.13. The van der Waals surface area contributed by atoms with E-state index in [1.54, 1.807) is 0 Å². The quantitative estimate of drug-likeness (QED) is 0.831. The number of rotatable bonds is 3. The Kier molecular flexibility index (Phi) is 5.02. The smallest absolute Gasteiger partial charge is 0.319 e. The molecule has 0 unspecified atom stereocenters. The third-order valence-electron chi connectivity index (χ3n) is 3.28. The van der Waals surface area contributed by atoms with E-state index >= 15 is 0 Å². The summed E-state index contributed by atoms with van der Waals surface area (Å²) in [5, 5.41) is 5.80. The van der Waals surface area contributed by atoms with E-state index in [0.717, 1.165) is 26.9 Å². The molecule has 110 valence electrons. The number of halogens is 1. The van der Waals surface area contributed by atoms with Crippen molar-refractivity contribution in [3.8, 4) is 0 Å². The monoisotopic (exact) mass is 346 g/mol. The summed E-state index contributed by atoms with van der Waals surface area (Å²) in [6, 6.07) is 11.8. The lowest BCUT2D eigenvalue weighted by Crippen LogP contribution is -2.28. The lowest BCUT2D eigenvalue weighted by molar-refractivity contribution is 0.251. The molecule has 0 fully saturated rings. The molecule has 0 bridgehead atoms. The van der Waals surface area contributed by atoms with Gasteiger partial charge in [0, 0.05) is 16.7 Å². The molecule has 3 nitrogen and oxygen atoms in total. The molecule has 2 rings (SSSR count). The molecule has 0 atom stereocenters. The van der Waals surface area contributed by atoms with Crippen LogP contribution in [0.1, 0.15) is 22.3 Å². The second kappa shape index (κ2) is 6.76. The molecule has 0 heterocycles. The fourth-order valence-corrected chi connectivity index (χ4v) is 2.58. The van der Waals surface area contributed by atoms with Gasteiger partial charge in [-0.05, 0) is 49.6 Å². The van der Waals surface area contributed by atoms with Crippen LogP contribution in [0.4, 0.5) is 10.5 Å². The minimum Gasteiger partial charge on any atom is -0.334 e. The second-order valence-corrected chi connectivity index (χ2v) is 6.12. The fraction of sp³-hybridized carbons (Fsp3) is 0.235. The Morgan fingerprint density at radius 3 is 2.19 bits per heavy atom. The molecule has 0 aliphatic rings. The number of hydrogen-bond acceptors (Lipinski definition) is 1. The maximum atomic E-state index is 12.0. The summed E-state index contributed by atoms with van der Waals surface area (Å²) < 4.78 is 1.03. The molecule has 4 heteroatoms. The number of benzene rings is 2. The first kappa shape index (κ1) is 15.6. The Morgan fingerprint density at radius 2 is 1.62 bits per heavy atom. The number of amides is 2. The van der Waals surface area contributed by atoms with Crippen LogP contribution in [0.3, 0.4) is 0 Å². The first-order valence-corrected chi connectivity index (χ1v) is 7.62.